The second-order valence-corrected chi connectivity index (χ2v) is 7.40. The molecule has 0 unspecified atom stereocenters. The zero-order valence-electron chi connectivity index (χ0n) is 13.9. The molecule has 3 aromatic rings. The van der Waals surface area contributed by atoms with Gasteiger partial charge in [0.2, 0.25) is 0 Å². The SMILES string of the molecule is NC(=O)N1CCc2c(n(Cc3cnc(C(F)(F)F)s3)c3c(F)cccc23)C1. The zero-order valence-corrected chi connectivity index (χ0v) is 14.7. The van der Waals surface area contributed by atoms with E-state index in [1.165, 1.54) is 11.0 Å². The van der Waals surface area contributed by atoms with Crippen molar-refractivity contribution in [2.75, 3.05) is 6.54 Å². The van der Waals surface area contributed by atoms with Gasteiger partial charge in [0.15, 0.2) is 5.01 Å². The summed E-state index contributed by atoms with van der Waals surface area (Å²) >= 11 is 0.526. The summed E-state index contributed by atoms with van der Waals surface area (Å²) in [7, 11) is 0. The Labute approximate surface area is 155 Å². The maximum Gasteiger partial charge on any atom is 0.443 e. The van der Waals surface area contributed by atoms with Crippen LogP contribution in [-0.4, -0.2) is 27.0 Å². The summed E-state index contributed by atoms with van der Waals surface area (Å²) in [6, 6.07) is 4.10. The van der Waals surface area contributed by atoms with Crippen molar-refractivity contribution in [3.8, 4) is 0 Å². The van der Waals surface area contributed by atoms with Crippen LogP contribution in [0.3, 0.4) is 0 Å². The largest absolute Gasteiger partial charge is 0.443 e. The molecule has 0 spiro atoms. The van der Waals surface area contributed by atoms with Gasteiger partial charge < -0.3 is 15.2 Å². The van der Waals surface area contributed by atoms with Crippen molar-refractivity contribution in [1.29, 1.82) is 0 Å². The van der Waals surface area contributed by atoms with Crippen molar-refractivity contribution in [3.05, 3.63) is 51.4 Å². The van der Waals surface area contributed by atoms with E-state index in [1.807, 2.05) is 0 Å². The van der Waals surface area contributed by atoms with Gasteiger partial charge in [-0.2, -0.15) is 13.2 Å². The lowest BCUT2D eigenvalue weighted by molar-refractivity contribution is -0.137. The van der Waals surface area contributed by atoms with E-state index in [0.29, 0.717) is 45.8 Å². The molecule has 0 bridgehead atoms. The predicted octanol–water partition coefficient (Wildman–Crippen LogP) is 3.74. The first kappa shape index (κ1) is 17.8. The van der Waals surface area contributed by atoms with Gasteiger partial charge in [0, 0.05) is 28.7 Å². The number of nitrogens with zero attached hydrogens (tertiary/aromatic N) is 3. The number of halogens is 4. The smallest absolute Gasteiger partial charge is 0.351 e. The van der Waals surface area contributed by atoms with Crippen LogP contribution in [0.1, 0.15) is 21.1 Å². The molecule has 27 heavy (non-hydrogen) atoms. The fourth-order valence-corrected chi connectivity index (χ4v) is 4.25. The standard InChI is InChI=1S/C17H14F4N4OS/c18-12-3-1-2-11-10-4-5-24(16(22)26)8-13(10)25(14(11)12)7-9-6-23-15(27-9)17(19,20)21/h1-3,6H,4-5,7-8H2,(H2,22,26). The fourth-order valence-electron chi connectivity index (χ4n) is 3.48. The summed E-state index contributed by atoms with van der Waals surface area (Å²) in [4.78, 5) is 16.8. The molecule has 0 saturated heterocycles. The van der Waals surface area contributed by atoms with Gasteiger partial charge in [-0.1, -0.05) is 12.1 Å². The normalized spacial score (nSPS) is 14.6. The van der Waals surface area contributed by atoms with E-state index in [9.17, 15) is 22.4 Å². The highest BCUT2D eigenvalue weighted by Gasteiger charge is 2.35. The van der Waals surface area contributed by atoms with E-state index in [4.69, 9.17) is 5.73 Å². The zero-order chi connectivity index (χ0) is 19.3. The second kappa shape index (κ2) is 6.22. The van der Waals surface area contributed by atoms with Crippen molar-refractivity contribution in [2.24, 2.45) is 5.73 Å². The number of aromatic nitrogens is 2. The highest BCUT2D eigenvalue weighted by molar-refractivity contribution is 7.11. The quantitative estimate of drug-likeness (QED) is 0.669. The predicted molar refractivity (Wildman–Crippen MR) is 91.8 cm³/mol. The molecule has 2 aromatic heterocycles. The number of amides is 2. The molecule has 142 valence electrons. The van der Waals surface area contributed by atoms with E-state index in [1.54, 1.807) is 16.7 Å². The van der Waals surface area contributed by atoms with Crippen molar-refractivity contribution < 1.29 is 22.4 Å². The van der Waals surface area contributed by atoms with Crippen LogP contribution in [0.5, 0.6) is 0 Å². The van der Waals surface area contributed by atoms with Crippen LogP contribution in [0.2, 0.25) is 0 Å². The van der Waals surface area contributed by atoms with Gasteiger partial charge >= 0.3 is 12.2 Å². The number of fused-ring (bicyclic) bond motifs is 3. The molecule has 3 heterocycles. The van der Waals surface area contributed by atoms with E-state index in [2.05, 4.69) is 4.98 Å². The molecular formula is C17H14F4N4OS. The Bertz CT molecular complexity index is 1040. The lowest BCUT2D eigenvalue weighted by Crippen LogP contribution is -2.40. The van der Waals surface area contributed by atoms with Crippen molar-refractivity contribution in [3.63, 3.8) is 0 Å². The van der Waals surface area contributed by atoms with E-state index in [-0.39, 0.29) is 13.1 Å². The summed E-state index contributed by atoms with van der Waals surface area (Å²) in [5, 5.41) is -0.239. The third kappa shape index (κ3) is 3.03. The molecule has 0 saturated carbocycles. The second-order valence-electron chi connectivity index (χ2n) is 6.29. The van der Waals surface area contributed by atoms with Crippen LogP contribution < -0.4 is 5.73 Å². The van der Waals surface area contributed by atoms with E-state index >= 15 is 0 Å². The molecule has 1 aliphatic heterocycles. The highest BCUT2D eigenvalue weighted by atomic mass is 32.1. The maximum atomic E-state index is 14.6. The van der Waals surface area contributed by atoms with Crippen LogP contribution in [-0.2, 0) is 25.7 Å². The molecule has 0 fully saturated rings. The van der Waals surface area contributed by atoms with Gasteiger partial charge in [0.05, 0.1) is 18.6 Å². The Morgan fingerprint density at radius 2 is 2.11 bits per heavy atom. The molecule has 0 aliphatic carbocycles. The Morgan fingerprint density at radius 1 is 1.33 bits per heavy atom. The van der Waals surface area contributed by atoms with Gasteiger partial charge in [-0.15, -0.1) is 11.3 Å². The number of alkyl halides is 3. The number of para-hydroxylation sites is 1. The molecule has 0 atom stereocenters. The number of benzene rings is 1. The van der Waals surface area contributed by atoms with Gasteiger partial charge in [-0.05, 0) is 18.1 Å². The Morgan fingerprint density at radius 3 is 2.78 bits per heavy atom. The van der Waals surface area contributed by atoms with Crippen LogP contribution in [0, 0.1) is 5.82 Å². The third-order valence-electron chi connectivity index (χ3n) is 4.65. The highest BCUT2D eigenvalue weighted by Crippen LogP contribution is 2.36. The molecule has 5 nitrogen and oxygen atoms in total. The van der Waals surface area contributed by atoms with E-state index in [0.717, 1.165) is 11.8 Å². The number of hydrogen-bond donors (Lipinski definition) is 1. The minimum atomic E-state index is -4.52. The lowest BCUT2D eigenvalue weighted by Gasteiger charge is -2.27. The number of rotatable bonds is 2. The Balaban J connectivity index is 1.83. The summed E-state index contributed by atoms with van der Waals surface area (Å²) in [5.74, 6) is -0.465. The molecule has 1 aromatic carbocycles. The van der Waals surface area contributed by atoms with Crippen molar-refractivity contribution in [2.45, 2.75) is 25.7 Å². The fraction of sp³-hybridized carbons (Fsp3) is 0.294. The number of carbonyl (C=O) groups excluding carboxylic acids is 1. The lowest BCUT2D eigenvalue weighted by atomic mass is 10.0. The summed E-state index contributed by atoms with van der Waals surface area (Å²) < 4.78 is 54.7. The van der Waals surface area contributed by atoms with Crippen LogP contribution in [0.25, 0.3) is 10.9 Å². The summed E-state index contributed by atoms with van der Waals surface area (Å²) in [6.07, 6.45) is -2.86. The monoisotopic (exact) mass is 398 g/mol. The summed E-state index contributed by atoms with van der Waals surface area (Å²) in [5.41, 5.74) is 7.26. The van der Waals surface area contributed by atoms with Crippen molar-refractivity contribution >= 4 is 28.3 Å². The number of carbonyl (C=O) groups is 1. The first-order valence-corrected chi connectivity index (χ1v) is 8.92. The Kier molecular flexibility index (Phi) is 4.10. The number of hydrogen-bond acceptors (Lipinski definition) is 3. The molecule has 1 aliphatic rings. The molecular weight excluding hydrogens is 384 g/mol. The van der Waals surface area contributed by atoms with Crippen molar-refractivity contribution in [1.82, 2.24) is 14.5 Å². The molecule has 4 rings (SSSR count). The average molecular weight is 398 g/mol. The van der Waals surface area contributed by atoms with E-state index < -0.39 is 23.0 Å². The van der Waals surface area contributed by atoms with Crippen LogP contribution in [0.15, 0.2) is 24.4 Å². The molecule has 10 heteroatoms. The maximum absolute atomic E-state index is 14.6. The number of nitrogens with two attached hydrogens (primary N) is 1. The number of primary amides is 1. The number of urea groups is 1. The number of thiazole rings is 1. The first-order chi connectivity index (χ1) is 12.8. The van der Waals surface area contributed by atoms with Gasteiger partial charge in [0.25, 0.3) is 0 Å². The van der Waals surface area contributed by atoms with Gasteiger partial charge in [-0.25, -0.2) is 14.2 Å². The Hall–Kier alpha value is -2.62. The summed E-state index contributed by atoms with van der Waals surface area (Å²) in [6.45, 7) is 0.633. The van der Waals surface area contributed by atoms with Crippen LogP contribution >= 0.6 is 11.3 Å². The molecule has 2 amide bonds. The van der Waals surface area contributed by atoms with Gasteiger partial charge in [0.1, 0.15) is 5.82 Å². The minimum Gasteiger partial charge on any atom is -0.351 e. The average Bonchev–Trinajstić information content (AvgIpc) is 3.19. The van der Waals surface area contributed by atoms with Crippen LogP contribution in [0.4, 0.5) is 22.4 Å². The molecule has 0 radical (unpaired) electrons. The third-order valence-corrected chi connectivity index (χ3v) is 5.68. The van der Waals surface area contributed by atoms with Gasteiger partial charge in [-0.3, -0.25) is 0 Å². The molecule has 2 N–H and O–H groups in total. The first-order valence-electron chi connectivity index (χ1n) is 8.10. The minimum absolute atomic E-state index is 0.0348. The topological polar surface area (TPSA) is 64.2 Å².